The highest BCUT2D eigenvalue weighted by Gasteiger charge is 2.29. The molecule has 2 amide bonds. The fraction of sp³-hybridized carbons (Fsp3) is 0.455. The van der Waals surface area contributed by atoms with Crippen LogP contribution in [0, 0.1) is 12.8 Å². The predicted octanol–water partition coefficient (Wildman–Crippen LogP) is 3.65. The Morgan fingerprint density at radius 1 is 1.29 bits per heavy atom. The number of carbonyl (C=O) groups excluding carboxylic acids is 3. The number of amides is 2. The molecule has 1 aromatic heterocycles. The minimum atomic E-state index is -0.238. The second-order valence-electron chi connectivity index (χ2n) is 7.51. The topological polar surface area (TPSA) is 79.8 Å². The van der Waals surface area contributed by atoms with Crippen molar-refractivity contribution in [1.29, 1.82) is 0 Å². The third-order valence-corrected chi connectivity index (χ3v) is 6.68. The Kier molecular flexibility index (Phi) is 7.67. The second-order valence-corrected chi connectivity index (χ2v) is 8.95. The van der Waals surface area contributed by atoms with Gasteiger partial charge in [-0.3, -0.25) is 14.4 Å². The Balaban J connectivity index is 1.60. The number of ether oxygens (including phenoxy) is 1. The van der Waals surface area contributed by atoms with Gasteiger partial charge in [0.1, 0.15) is 9.88 Å². The van der Waals surface area contributed by atoms with Crippen molar-refractivity contribution in [2.24, 2.45) is 5.92 Å². The Morgan fingerprint density at radius 2 is 2.00 bits per heavy atom. The van der Waals surface area contributed by atoms with Crippen LogP contribution < -0.4 is 0 Å². The molecule has 0 atom stereocenters. The monoisotopic (exact) mass is 463 g/mol. The van der Waals surface area contributed by atoms with Crippen molar-refractivity contribution >= 4 is 40.7 Å². The molecule has 2 aromatic rings. The van der Waals surface area contributed by atoms with Gasteiger partial charge in [0.15, 0.2) is 0 Å². The number of thiazole rings is 1. The maximum atomic E-state index is 12.9. The highest BCUT2D eigenvalue weighted by Crippen LogP contribution is 2.30. The molecule has 1 aromatic carbocycles. The molecule has 31 heavy (non-hydrogen) atoms. The van der Waals surface area contributed by atoms with Gasteiger partial charge in [-0.1, -0.05) is 23.7 Å². The van der Waals surface area contributed by atoms with E-state index in [2.05, 4.69) is 4.98 Å². The largest absolute Gasteiger partial charge is 0.466 e. The van der Waals surface area contributed by atoms with Crippen LogP contribution in [0.25, 0.3) is 10.6 Å². The van der Waals surface area contributed by atoms with Gasteiger partial charge in [-0.05, 0) is 38.8 Å². The first-order chi connectivity index (χ1) is 14.8. The number of nitrogens with zero attached hydrogens (tertiary/aromatic N) is 3. The number of esters is 1. The van der Waals surface area contributed by atoms with Gasteiger partial charge in [0.25, 0.3) is 5.91 Å². The van der Waals surface area contributed by atoms with E-state index in [9.17, 15) is 14.4 Å². The number of benzene rings is 1. The van der Waals surface area contributed by atoms with E-state index in [1.54, 1.807) is 37.9 Å². The molecule has 0 bridgehead atoms. The number of aryl methyl sites for hydroxylation is 1. The summed E-state index contributed by atoms with van der Waals surface area (Å²) in [5.41, 5.74) is 1.47. The first-order valence-corrected chi connectivity index (χ1v) is 11.4. The predicted molar refractivity (Wildman–Crippen MR) is 120 cm³/mol. The minimum Gasteiger partial charge on any atom is -0.466 e. The fourth-order valence-electron chi connectivity index (χ4n) is 3.51. The van der Waals surface area contributed by atoms with Gasteiger partial charge in [-0.25, -0.2) is 4.98 Å². The first-order valence-electron chi connectivity index (χ1n) is 10.2. The van der Waals surface area contributed by atoms with Crippen LogP contribution in [0.1, 0.15) is 35.1 Å². The van der Waals surface area contributed by atoms with Gasteiger partial charge in [0.2, 0.25) is 5.91 Å². The van der Waals surface area contributed by atoms with Crippen molar-refractivity contribution in [3.63, 3.8) is 0 Å². The number of aromatic nitrogens is 1. The third-order valence-electron chi connectivity index (χ3n) is 5.25. The second kappa shape index (κ2) is 10.2. The molecule has 0 unspecified atom stereocenters. The summed E-state index contributed by atoms with van der Waals surface area (Å²) >= 11 is 7.35. The number of hydrogen-bond donors (Lipinski definition) is 0. The van der Waals surface area contributed by atoms with Crippen molar-refractivity contribution in [3.05, 3.63) is 39.9 Å². The number of halogens is 1. The van der Waals surface area contributed by atoms with Gasteiger partial charge in [0.05, 0.1) is 24.8 Å². The zero-order chi connectivity index (χ0) is 22.5. The zero-order valence-corrected chi connectivity index (χ0v) is 19.5. The van der Waals surface area contributed by atoms with E-state index in [1.165, 1.54) is 16.2 Å². The van der Waals surface area contributed by atoms with Gasteiger partial charge in [-0.15, -0.1) is 11.3 Å². The van der Waals surface area contributed by atoms with Gasteiger partial charge in [-0.2, -0.15) is 0 Å². The van der Waals surface area contributed by atoms with Gasteiger partial charge >= 0.3 is 5.97 Å². The van der Waals surface area contributed by atoms with Crippen LogP contribution in [0.4, 0.5) is 0 Å². The molecular weight excluding hydrogens is 438 g/mol. The summed E-state index contributed by atoms with van der Waals surface area (Å²) < 4.78 is 5.07. The maximum absolute atomic E-state index is 12.9. The number of hydrogen-bond acceptors (Lipinski definition) is 6. The Bertz CT molecular complexity index is 969. The molecule has 0 N–H and O–H groups in total. The smallest absolute Gasteiger partial charge is 0.309 e. The summed E-state index contributed by atoms with van der Waals surface area (Å²) in [5, 5.41) is 1.32. The van der Waals surface area contributed by atoms with Crippen molar-refractivity contribution in [2.75, 3.05) is 33.3 Å². The van der Waals surface area contributed by atoms with Crippen LogP contribution in [0.5, 0.6) is 0 Å². The maximum Gasteiger partial charge on any atom is 0.309 e. The van der Waals surface area contributed by atoms with E-state index < -0.39 is 0 Å². The van der Waals surface area contributed by atoms with Crippen LogP contribution in [-0.4, -0.2) is 65.9 Å². The number of rotatable bonds is 6. The first kappa shape index (κ1) is 23.2. The third kappa shape index (κ3) is 5.62. The molecule has 9 heteroatoms. The molecule has 1 aliphatic heterocycles. The lowest BCUT2D eigenvalue weighted by atomic mass is 9.97. The van der Waals surface area contributed by atoms with Crippen molar-refractivity contribution in [2.45, 2.75) is 26.7 Å². The summed E-state index contributed by atoms with van der Waals surface area (Å²) in [6.45, 7) is 4.89. The summed E-state index contributed by atoms with van der Waals surface area (Å²) in [7, 11) is 1.61. The average Bonchev–Trinajstić information content (AvgIpc) is 3.15. The quantitative estimate of drug-likeness (QED) is 0.611. The Labute approximate surface area is 191 Å². The molecule has 0 radical (unpaired) electrons. The molecule has 7 nitrogen and oxygen atoms in total. The summed E-state index contributed by atoms with van der Waals surface area (Å²) in [6, 6.07) is 7.32. The molecule has 1 aliphatic rings. The Morgan fingerprint density at radius 3 is 2.65 bits per heavy atom. The SMILES string of the molecule is CCOC(=O)C1CCN(C(=O)CN(C)C(=O)c2sc(-c3cccc(Cl)c3)nc2C)CC1. The lowest BCUT2D eigenvalue weighted by Crippen LogP contribution is -2.45. The van der Waals surface area contributed by atoms with Crippen LogP contribution in [-0.2, 0) is 14.3 Å². The molecule has 166 valence electrons. The van der Waals surface area contributed by atoms with Crippen LogP contribution in [0.15, 0.2) is 24.3 Å². The summed E-state index contributed by atoms with van der Waals surface area (Å²) in [5.74, 6) is -0.723. The lowest BCUT2D eigenvalue weighted by molar-refractivity contribution is -0.151. The minimum absolute atomic E-state index is 0.0211. The van der Waals surface area contributed by atoms with Crippen LogP contribution in [0.3, 0.4) is 0 Å². The van der Waals surface area contributed by atoms with Crippen molar-refractivity contribution < 1.29 is 19.1 Å². The van der Waals surface area contributed by atoms with E-state index in [4.69, 9.17) is 16.3 Å². The fourth-order valence-corrected chi connectivity index (χ4v) is 4.76. The lowest BCUT2D eigenvalue weighted by Gasteiger charge is -2.32. The highest BCUT2D eigenvalue weighted by atomic mass is 35.5. The Hall–Kier alpha value is -2.45. The average molecular weight is 464 g/mol. The van der Waals surface area contributed by atoms with Gasteiger partial charge in [0, 0.05) is 30.7 Å². The number of piperidine rings is 1. The van der Waals surface area contributed by atoms with E-state index in [0.717, 1.165) is 5.56 Å². The molecule has 3 rings (SSSR count). The molecule has 0 saturated carbocycles. The molecular formula is C22H26ClN3O4S. The van der Waals surface area contributed by atoms with E-state index in [0.29, 0.717) is 53.1 Å². The summed E-state index contributed by atoms with van der Waals surface area (Å²) in [4.78, 5) is 45.6. The normalized spacial score (nSPS) is 14.4. The zero-order valence-electron chi connectivity index (χ0n) is 17.9. The highest BCUT2D eigenvalue weighted by molar-refractivity contribution is 7.17. The van der Waals surface area contributed by atoms with Crippen molar-refractivity contribution in [3.8, 4) is 10.6 Å². The van der Waals surface area contributed by atoms with Crippen LogP contribution in [0.2, 0.25) is 5.02 Å². The number of likely N-dealkylation sites (tertiary alicyclic amines) is 1. The van der Waals surface area contributed by atoms with Crippen LogP contribution >= 0.6 is 22.9 Å². The molecule has 0 aliphatic carbocycles. The number of carbonyl (C=O) groups is 3. The van der Waals surface area contributed by atoms with E-state index in [1.807, 2.05) is 12.1 Å². The van der Waals surface area contributed by atoms with E-state index in [-0.39, 0.29) is 30.2 Å². The van der Waals surface area contributed by atoms with E-state index >= 15 is 0 Å². The standard InChI is InChI=1S/C22H26ClN3O4S/c1-4-30-22(29)15-8-10-26(11-9-15)18(27)13-25(3)21(28)19-14(2)24-20(31-19)16-6-5-7-17(23)12-16/h5-7,12,15H,4,8-11,13H2,1-3H3. The summed E-state index contributed by atoms with van der Waals surface area (Å²) in [6.07, 6.45) is 1.17. The number of likely N-dealkylation sites (N-methyl/N-ethyl adjacent to an activating group) is 1. The van der Waals surface area contributed by atoms with Crippen molar-refractivity contribution in [1.82, 2.24) is 14.8 Å². The molecule has 1 saturated heterocycles. The molecule has 1 fully saturated rings. The molecule has 0 spiro atoms. The van der Waals surface area contributed by atoms with Gasteiger partial charge < -0.3 is 14.5 Å². The molecule has 2 heterocycles.